The second kappa shape index (κ2) is 7.20. The molecule has 0 spiro atoms. The Morgan fingerprint density at radius 2 is 1.72 bits per heavy atom. The highest BCUT2D eigenvalue weighted by Gasteiger charge is 2.64. The number of benzene rings is 1. The van der Waals surface area contributed by atoms with Crippen LogP contribution >= 0.6 is 11.6 Å². The molecule has 5 nitrogen and oxygen atoms in total. The zero-order valence-corrected chi connectivity index (χ0v) is 16.0. The summed E-state index contributed by atoms with van der Waals surface area (Å²) < 4.78 is 47.0. The van der Waals surface area contributed by atoms with Crippen molar-refractivity contribution in [3.8, 4) is 0 Å². The first-order valence-corrected chi connectivity index (χ1v) is 8.69. The fraction of sp³-hybridized carbons (Fsp3) is 0.200. The van der Waals surface area contributed by atoms with Gasteiger partial charge in [-0.25, -0.2) is 4.79 Å². The van der Waals surface area contributed by atoms with Crippen LogP contribution in [0.25, 0.3) is 5.52 Å². The number of hydrogen-bond acceptors (Lipinski definition) is 4. The maximum atomic E-state index is 13.9. The molecule has 0 aliphatic rings. The van der Waals surface area contributed by atoms with E-state index in [4.69, 9.17) is 11.6 Å². The zero-order valence-electron chi connectivity index (χ0n) is 15.2. The molecule has 0 saturated heterocycles. The quantitative estimate of drug-likeness (QED) is 0.505. The van der Waals surface area contributed by atoms with Crippen molar-refractivity contribution in [2.45, 2.75) is 18.7 Å². The van der Waals surface area contributed by atoms with E-state index in [2.05, 4.69) is 4.74 Å². The van der Waals surface area contributed by atoms with Crippen LogP contribution in [0.5, 0.6) is 0 Å². The number of carbonyl (C=O) groups excluding carboxylic acids is 2. The molecule has 2 aromatic heterocycles. The van der Waals surface area contributed by atoms with Crippen molar-refractivity contribution < 1.29 is 32.6 Å². The molecule has 152 valence electrons. The van der Waals surface area contributed by atoms with Gasteiger partial charge in [0, 0.05) is 22.3 Å². The van der Waals surface area contributed by atoms with E-state index in [1.165, 1.54) is 60.0 Å². The van der Waals surface area contributed by atoms with Crippen LogP contribution in [0, 0.1) is 6.92 Å². The Morgan fingerprint density at radius 3 is 2.28 bits per heavy atom. The molecule has 1 atom stereocenters. The van der Waals surface area contributed by atoms with Crippen molar-refractivity contribution in [2.24, 2.45) is 0 Å². The minimum absolute atomic E-state index is 0.121. The molecule has 0 aliphatic heterocycles. The van der Waals surface area contributed by atoms with Gasteiger partial charge < -0.3 is 14.2 Å². The number of pyridine rings is 1. The number of aliphatic hydroxyl groups is 1. The fourth-order valence-electron chi connectivity index (χ4n) is 3.31. The number of fused-ring (bicyclic) bond motifs is 1. The lowest BCUT2D eigenvalue weighted by Crippen LogP contribution is -2.50. The van der Waals surface area contributed by atoms with Gasteiger partial charge in [0.05, 0.1) is 18.3 Å². The highest BCUT2D eigenvalue weighted by Crippen LogP contribution is 2.44. The summed E-state index contributed by atoms with van der Waals surface area (Å²) in [7, 11) is 0.742. The van der Waals surface area contributed by atoms with Gasteiger partial charge in [-0.2, -0.15) is 13.2 Å². The minimum atomic E-state index is -5.39. The molecular formula is C20H15ClF3NO4. The Morgan fingerprint density at radius 1 is 1.10 bits per heavy atom. The van der Waals surface area contributed by atoms with Gasteiger partial charge in [0.1, 0.15) is 0 Å². The Kier molecular flexibility index (Phi) is 5.19. The molecule has 29 heavy (non-hydrogen) atoms. The van der Waals surface area contributed by atoms with Gasteiger partial charge >= 0.3 is 12.1 Å². The number of nitrogens with zero attached hydrogens (tertiary/aromatic N) is 1. The van der Waals surface area contributed by atoms with Crippen LogP contribution in [0.2, 0.25) is 5.02 Å². The summed E-state index contributed by atoms with van der Waals surface area (Å²) in [4.78, 5) is 25.1. The molecule has 3 aromatic rings. The Balaban J connectivity index is 2.36. The maximum absolute atomic E-state index is 13.9. The molecule has 0 bridgehead atoms. The third-order valence-electron chi connectivity index (χ3n) is 4.66. The Bertz CT molecular complexity index is 1110. The van der Waals surface area contributed by atoms with Crippen LogP contribution in [0.3, 0.4) is 0 Å². The molecular weight excluding hydrogens is 411 g/mol. The number of esters is 1. The van der Waals surface area contributed by atoms with E-state index in [9.17, 15) is 27.9 Å². The fourth-order valence-corrected chi connectivity index (χ4v) is 3.44. The van der Waals surface area contributed by atoms with Gasteiger partial charge in [-0.05, 0) is 48.9 Å². The van der Waals surface area contributed by atoms with Gasteiger partial charge in [-0.3, -0.25) is 4.79 Å². The van der Waals surface area contributed by atoms with E-state index in [1.807, 2.05) is 0 Å². The second-order valence-electron chi connectivity index (χ2n) is 6.34. The summed E-state index contributed by atoms with van der Waals surface area (Å²) in [6.45, 7) is 1.24. The largest absolute Gasteiger partial charge is 0.466 e. The minimum Gasteiger partial charge on any atom is -0.466 e. The molecule has 1 N–H and O–H groups in total. The van der Waals surface area contributed by atoms with Gasteiger partial charge in [-0.1, -0.05) is 17.7 Å². The van der Waals surface area contributed by atoms with Crippen molar-refractivity contribution in [3.63, 3.8) is 0 Å². The molecule has 0 fully saturated rings. The molecule has 1 aromatic carbocycles. The Hall–Kier alpha value is -2.84. The first-order chi connectivity index (χ1) is 13.5. The van der Waals surface area contributed by atoms with E-state index >= 15 is 0 Å². The van der Waals surface area contributed by atoms with Crippen LogP contribution < -0.4 is 0 Å². The summed E-state index contributed by atoms with van der Waals surface area (Å²) in [6, 6.07) is 10.0. The number of alkyl halides is 3. The number of carbonyl (C=O) groups is 2. The van der Waals surface area contributed by atoms with Gasteiger partial charge in [-0.15, -0.1) is 0 Å². The van der Waals surface area contributed by atoms with Crippen LogP contribution in [-0.2, 0) is 15.1 Å². The lowest BCUT2D eigenvalue weighted by atomic mass is 9.89. The average Bonchev–Trinajstić information content (AvgIpc) is 2.97. The SMILES string of the molecule is COC(=O)[C@](O)(c1c(C)c(C(=O)c2ccc(Cl)cc2)n2ccccc12)C(F)(F)F. The molecule has 0 unspecified atom stereocenters. The number of methoxy groups -OCH3 is 1. The van der Waals surface area contributed by atoms with E-state index in [0.29, 0.717) is 5.02 Å². The highest BCUT2D eigenvalue weighted by molar-refractivity contribution is 6.30. The van der Waals surface area contributed by atoms with Crippen molar-refractivity contribution in [1.82, 2.24) is 4.40 Å². The number of rotatable bonds is 4. The van der Waals surface area contributed by atoms with Crippen LogP contribution in [-0.4, -0.2) is 34.5 Å². The molecule has 3 rings (SSSR count). The van der Waals surface area contributed by atoms with Crippen molar-refractivity contribution in [3.05, 3.63) is 76.1 Å². The van der Waals surface area contributed by atoms with E-state index in [-0.39, 0.29) is 22.3 Å². The lowest BCUT2D eigenvalue weighted by Gasteiger charge is -2.28. The van der Waals surface area contributed by atoms with E-state index in [0.717, 1.165) is 7.11 Å². The van der Waals surface area contributed by atoms with Crippen LogP contribution in [0.15, 0.2) is 48.7 Å². The number of ether oxygens (including phenoxy) is 1. The summed E-state index contributed by atoms with van der Waals surface area (Å²) >= 11 is 5.83. The van der Waals surface area contributed by atoms with Crippen LogP contribution in [0.1, 0.15) is 27.2 Å². The molecule has 9 heteroatoms. The summed E-state index contributed by atoms with van der Waals surface area (Å²) in [5.74, 6) is -2.49. The van der Waals surface area contributed by atoms with Crippen molar-refractivity contribution >= 4 is 28.9 Å². The predicted molar refractivity (Wildman–Crippen MR) is 99.0 cm³/mol. The topological polar surface area (TPSA) is 68.0 Å². The molecule has 0 aliphatic carbocycles. The lowest BCUT2D eigenvalue weighted by molar-refractivity contribution is -0.266. The smallest absolute Gasteiger partial charge is 0.432 e. The first kappa shape index (κ1) is 20.9. The normalized spacial score (nSPS) is 13.9. The monoisotopic (exact) mass is 425 g/mol. The molecule has 0 amide bonds. The standard InChI is InChI=1S/C20H15ClF3NO4/c1-11-15(19(28,18(27)29-2)20(22,23)24)14-5-3-4-10-25(14)16(11)17(26)12-6-8-13(21)9-7-12/h3-10,28H,1-2H3/t19-/m1/s1. The van der Waals surface area contributed by atoms with E-state index < -0.39 is 29.1 Å². The Labute approximate surface area is 168 Å². The number of hydrogen-bond donors (Lipinski definition) is 1. The summed E-state index contributed by atoms with van der Waals surface area (Å²) in [5.41, 5.74) is -4.98. The van der Waals surface area contributed by atoms with Gasteiger partial charge in [0.2, 0.25) is 5.78 Å². The summed E-state index contributed by atoms with van der Waals surface area (Å²) in [5, 5.41) is 10.9. The molecule has 0 saturated carbocycles. The molecule has 0 radical (unpaired) electrons. The third kappa shape index (κ3) is 3.18. The van der Waals surface area contributed by atoms with Crippen LogP contribution in [0.4, 0.5) is 13.2 Å². The maximum Gasteiger partial charge on any atom is 0.432 e. The average molecular weight is 426 g/mol. The molecule has 2 heterocycles. The summed E-state index contributed by atoms with van der Waals surface area (Å²) in [6.07, 6.45) is -4.01. The third-order valence-corrected chi connectivity index (χ3v) is 4.91. The number of aromatic nitrogens is 1. The second-order valence-corrected chi connectivity index (χ2v) is 6.78. The van der Waals surface area contributed by atoms with Crippen molar-refractivity contribution in [1.29, 1.82) is 0 Å². The van der Waals surface area contributed by atoms with Crippen molar-refractivity contribution in [2.75, 3.05) is 7.11 Å². The first-order valence-electron chi connectivity index (χ1n) is 8.32. The van der Waals surface area contributed by atoms with Gasteiger partial charge in [0.25, 0.3) is 5.60 Å². The van der Waals surface area contributed by atoms with E-state index in [1.54, 1.807) is 0 Å². The van der Waals surface area contributed by atoms with Gasteiger partial charge in [0.15, 0.2) is 0 Å². The predicted octanol–water partition coefficient (Wildman–Crippen LogP) is 4.06. The zero-order chi connectivity index (χ0) is 21.6. The highest BCUT2D eigenvalue weighted by atomic mass is 35.5. The number of ketones is 1. The number of halogens is 4.